The number of rotatable bonds is 3. The maximum Gasteiger partial charge on any atom is 0.227 e. The summed E-state index contributed by atoms with van der Waals surface area (Å²) in [6.45, 7) is 1.96. The maximum absolute atomic E-state index is 13.5. The molecular weight excluding hydrogens is 414 g/mol. The molecule has 0 saturated heterocycles. The van der Waals surface area contributed by atoms with Gasteiger partial charge in [-0.05, 0) is 62.1 Å². The SMILES string of the molecule is Cc1cc(-c2nc3cc(F)ccc3n2C)ccc1NC(=O)C1CCC(N)C1.Cl.Cl. The lowest BCUT2D eigenvalue weighted by molar-refractivity contribution is -0.119. The second-order valence-corrected chi connectivity index (χ2v) is 7.42. The van der Waals surface area contributed by atoms with Crippen LogP contribution in [0.2, 0.25) is 0 Å². The molecule has 3 N–H and O–H groups in total. The van der Waals surface area contributed by atoms with E-state index in [4.69, 9.17) is 5.73 Å². The molecule has 2 unspecified atom stereocenters. The van der Waals surface area contributed by atoms with Gasteiger partial charge in [-0.3, -0.25) is 4.79 Å². The molecule has 3 aromatic rings. The zero-order valence-electron chi connectivity index (χ0n) is 16.3. The van der Waals surface area contributed by atoms with Crippen LogP contribution in [0.4, 0.5) is 10.1 Å². The van der Waals surface area contributed by atoms with Crippen LogP contribution in [-0.4, -0.2) is 21.5 Å². The number of nitrogens with one attached hydrogen (secondary N) is 1. The number of nitrogens with two attached hydrogens (primary N) is 1. The van der Waals surface area contributed by atoms with Gasteiger partial charge in [-0.25, -0.2) is 9.37 Å². The van der Waals surface area contributed by atoms with Crippen molar-refractivity contribution in [3.8, 4) is 11.4 Å². The maximum atomic E-state index is 13.5. The molecule has 0 spiro atoms. The minimum absolute atomic E-state index is 0. The Bertz CT molecular complexity index is 1040. The molecule has 1 amide bonds. The summed E-state index contributed by atoms with van der Waals surface area (Å²) in [5, 5.41) is 3.03. The average Bonchev–Trinajstić information content (AvgIpc) is 3.20. The van der Waals surface area contributed by atoms with Gasteiger partial charge in [0.1, 0.15) is 11.6 Å². The van der Waals surface area contributed by atoms with Crippen LogP contribution < -0.4 is 11.1 Å². The fourth-order valence-corrected chi connectivity index (χ4v) is 3.86. The molecule has 2 aromatic carbocycles. The van der Waals surface area contributed by atoms with Gasteiger partial charge in [0.2, 0.25) is 5.91 Å². The Hall–Kier alpha value is -2.15. The monoisotopic (exact) mass is 438 g/mol. The second-order valence-electron chi connectivity index (χ2n) is 7.42. The number of amides is 1. The molecule has 1 heterocycles. The third kappa shape index (κ3) is 4.55. The summed E-state index contributed by atoms with van der Waals surface area (Å²) < 4.78 is 15.4. The van der Waals surface area contributed by atoms with Gasteiger partial charge in [-0.15, -0.1) is 24.8 Å². The minimum Gasteiger partial charge on any atom is -0.328 e. The topological polar surface area (TPSA) is 72.9 Å². The normalized spacial score (nSPS) is 18.2. The van der Waals surface area contributed by atoms with E-state index in [9.17, 15) is 9.18 Å². The lowest BCUT2D eigenvalue weighted by Gasteiger charge is -2.14. The van der Waals surface area contributed by atoms with Crippen molar-refractivity contribution in [2.75, 3.05) is 5.32 Å². The largest absolute Gasteiger partial charge is 0.328 e. The van der Waals surface area contributed by atoms with Crippen LogP contribution in [0.1, 0.15) is 24.8 Å². The highest BCUT2D eigenvalue weighted by atomic mass is 35.5. The van der Waals surface area contributed by atoms with E-state index in [0.717, 1.165) is 47.4 Å². The molecule has 1 aromatic heterocycles. The molecule has 0 radical (unpaired) electrons. The Labute approximate surface area is 181 Å². The molecule has 1 aliphatic rings. The van der Waals surface area contributed by atoms with Crippen molar-refractivity contribution in [1.29, 1.82) is 0 Å². The molecular formula is C21H25Cl2FN4O. The van der Waals surface area contributed by atoms with Crippen LogP contribution in [0.25, 0.3) is 22.4 Å². The number of aryl methyl sites for hydroxylation is 2. The fourth-order valence-electron chi connectivity index (χ4n) is 3.86. The number of anilines is 1. The number of carbonyl (C=O) groups excluding carboxylic acids is 1. The highest BCUT2D eigenvalue weighted by Gasteiger charge is 2.28. The van der Waals surface area contributed by atoms with Crippen molar-refractivity contribution in [3.05, 3.63) is 47.8 Å². The number of aromatic nitrogens is 2. The second kappa shape index (κ2) is 9.11. The minimum atomic E-state index is -0.298. The molecule has 1 aliphatic carbocycles. The summed E-state index contributed by atoms with van der Waals surface area (Å²) >= 11 is 0. The number of imidazole rings is 1. The van der Waals surface area contributed by atoms with E-state index < -0.39 is 0 Å². The Balaban J connectivity index is 0.00000150. The van der Waals surface area contributed by atoms with Crippen LogP contribution in [0.15, 0.2) is 36.4 Å². The third-order valence-corrected chi connectivity index (χ3v) is 5.43. The van der Waals surface area contributed by atoms with Crippen LogP contribution in [0, 0.1) is 18.7 Å². The first-order valence-corrected chi connectivity index (χ1v) is 9.22. The Kier molecular flexibility index (Phi) is 7.27. The van der Waals surface area contributed by atoms with Crippen molar-refractivity contribution in [1.82, 2.24) is 9.55 Å². The van der Waals surface area contributed by atoms with E-state index >= 15 is 0 Å². The van der Waals surface area contributed by atoms with E-state index in [1.54, 1.807) is 6.07 Å². The highest BCUT2D eigenvalue weighted by Crippen LogP contribution is 2.29. The van der Waals surface area contributed by atoms with Crippen molar-refractivity contribution >= 4 is 47.4 Å². The molecule has 2 atom stereocenters. The summed E-state index contributed by atoms with van der Waals surface area (Å²) in [5.41, 5.74) is 10.1. The number of fused-ring (bicyclic) bond motifs is 1. The quantitative estimate of drug-likeness (QED) is 0.627. The van der Waals surface area contributed by atoms with Gasteiger partial charge in [0.05, 0.1) is 11.0 Å². The number of halogens is 3. The number of hydrogen-bond acceptors (Lipinski definition) is 3. The van der Waals surface area contributed by atoms with Gasteiger partial charge < -0.3 is 15.6 Å². The van der Waals surface area contributed by atoms with E-state index in [-0.39, 0.29) is 48.5 Å². The van der Waals surface area contributed by atoms with Crippen molar-refractivity contribution in [2.24, 2.45) is 18.7 Å². The fraction of sp³-hybridized carbons (Fsp3) is 0.333. The smallest absolute Gasteiger partial charge is 0.227 e. The van der Waals surface area contributed by atoms with Crippen molar-refractivity contribution < 1.29 is 9.18 Å². The third-order valence-electron chi connectivity index (χ3n) is 5.43. The number of carbonyl (C=O) groups is 1. The number of benzene rings is 2. The van der Waals surface area contributed by atoms with Crippen molar-refractivity contribution in [3.63, 3.8) is 0 Å². The summed E-state index contributed by atoms with van der Waals surface area (Å²) in [4.78, 5) is 17.0. The lowest BCUT2D eigenvalue weighted by Crippen LogP contribution is -2.23. The van der Waals surface area contributed by atoms with Crippen molar-refractivity contribution in [2.45, 2.75) is 32.2 Å². The van der Waals surface area contributed by atoms with Crippen LogP contribution in [0.5, 0.6) is 0 Å². The standard InChI is InChI=1S/C21H23FN4O.2ClH/c1-12-9-13(20-24-18-11-15(22)5-8-19(18)26(20)2)4-7-17(12)25-21(27)14-3-6-16(23)10-14;;/h4-5,7-9,11,14,16H,3,6,10,23H2,1-2H3,(H,25,27);2*1H. The Morgan fingerprint density at radius 1 is 1.21 bits per heavy atom. The molecule has 0 aliphatic heterocycles. The summed E-state index contributed by atoms with van der Waals surface area (Å²) in [5.74, 6) is 0.497. The van der Waals surface area contributed by atoms with Gasteiger partial charge in [0.15, 0.2) is 0 Å². The van der Waals surface area contributed by atoms with E-state index in [2.05, 4.69) is 10.3 Å². The lowest BCUT2D eigenvalue weighted by atomic mass is 10.1. The molecule has 0 bridgehead atoms. The average molecular weight is 439 g/mol. The molecule has 1 fully saturated rings. The number of hydrogen-bond donors (Lipinski definition) is 2. The van der Waals surface area contributed by atoms with E-state index in [1.807, 2.05) is 36.7 Å². The Morgan fingerprint density at radius 3 is 2.62 bits per heavy atom. The first-order chi connectivity index (χ1) is 12.9. The van der Waals surface area contributed by atoms with Crippen LogP contribution in [-0.2, 0) is 11.8 Å². The molecule has 29 heavy (non-hydrogen) atoms. The van der Waals surface area contributed by atoms with E-state index in [0.29, 0.717) is 5.52 Å². The molecule has 1 saturated carbocycles. The molecule has 8 heteroatoms. The zero-order chi connectivity index (χ0) is 19.1. The van der Waals surface area contributed by atoms with Gasteiger partial charge in [0.25, 0.3) is 0 Å². The first-order valence-electron chi connectivity index (χ1n) is 9.22. The predicted molar refractivity (Wildman–Crippen MR) is 119 cm³/mol. The summed E-state index contributed by atoms with van der Waals surface area (Å²) in [6, 6.07) is 10.6. The number of nitrogens with zero attached hydrogens (tertiary/aromatic N) is 2. The predicted octanol–water partition coefficient (Wildman–Crippen LogP) is 4.60. The summed E-state index contributed by atoms with van der Waals surface area (Å²) in [7, 11) is 1.91. The first kappa shape index (κ1) is 23.1. The van der Waals surface area contributed by atoms with Gasteiger partial charge in [-0.1, -0.05) is 0 Å². The Morgan fingerprint density at radius 2 is 1.97 bits per heavy atom. The van der Waals surface area contributed by atoms with Crippen LogP contribution >= 0.6 is 24.8 Å². The molecule has 4 rings (SSSR count). The summed E-state index contributed by atoms with van der Waals surface area (Å²) in [6.07, 6.45) is 2.50. The highest BCUT2D eigenvalue weighted by molar-refractivity contribution is 5.94. The van der Waals surface area contributed by atoms with Gasteiger partial charge in [-0.2, -0.15) is 0 Å². The van der Waals surface area contributed by atoms with E-state index in [1.165, 1.54) is 12.1 Å². The van der Waals surface area contributed by atoms with Gasteiger partial charge >= 0.3 is 0 Å². The molecule has 5 nitrogen and oxygen atoms in total. The zero-order valence-corrected chi connectivity index (χ0v) is 17.9. The molecule has 156 valence electrons. The van der Waals surface area contributed by atoms with Gasteiger partial charge in [0, 0.05) is 36.3 Å². The van der Waals surface area contributed by atoms with Crippen LogP contribution in [0.3, 0.4) is 0 Å².